The zero-order chi connectivity index (χ0) is 24.6. The zero-order valence-electron chi connectivity index (χ0n) is 20.5. The normalized spacial score (nSPS) is 14.7. The number of nitrogens with one attached hydrogen (secondary N) is 2. The molecular formula is C26H34N6O2S. The van der Waals surface area contributed by atoms with Gasteiger partial charge < -0.3 is 15.0 Å². The number of likely N-dealkylation sites (N-methyl/N-ethyl adjacent to an activating group) is 1. The molecule has 2 heterocycles. The Balaban J connectivity index is 1.25. The minimum atomic E-state index is -0.0216. The van der Waals surface area contributed by atoms with Gasteiger partial charge in [0.15, 0.2) is 10.6 Å². The Morgan fingerprint density at radius 3 is 2.34 bits per heavy atom. The number of aromatic nitrogens is 3. The molecule has 35 heavy (non-hydrogen) atoms. The van der Waals surface area contributed by atoms with Crippen molar-refractivity contribution in [3.8, 4) is 17.1 Å². The molecule has 1 aromatic heterocycles. The largest absolute Gasteiger partial charge is 0.497 e. The zero-order valence-corrected chi connectivity index (χ0v) is 21.3. The summed E-state index contributed by atoms with van der Waals surface area (Å²) in [7, 11) is 1.63. The number of benzene rings is 2. The molecule has 8 nitrogen and oxygen atoms in total. The van der Waals surface area contributed by atoms with E-state index < -0.39 is 0 Å². The van der Waals surface area contributed by atoms with Crippen LogP contribution in [0.25, 0.3) is 11.4 Å². The third-order valence-electron chi connectivity index (χ3n) is 6.50. The van der Waals surface area contributed by atoms with Gasteiger partial charge in [-0.3, -0.25) is 19.4 Å². The Bertz CT molecular complexity index is 1150. The van der Waals surface area contributed by atoms with E-state index in [1.165, 1.54) is 5.56 Å². The Morgan fingerprint density at radius 1 is 1.03 bits per heavy atom. The highest BCUT2D eigenvalue weighted by Gasteiger charge is 2.15. The number of methoxy groups -OCH3 is 1. The van der Waals surface area contributed by atoms with Gasteiger partial charge in [-0.15, -0.1) is 0 Å². The van der Waals surface area contributed by atoms with E-state index in [-0.39, 0.29) is 5.91 Å². The Labute approximate surface area is 211 Å². The van der Waals surface area contributed by atoms with Crippen molar-refractivity contribution in [3.63, 3.8) is 0 Å². The highest BCUT2D eigenvalue weighted by molar-refractivity contribution is 7.71. The van der Waals surface area contributed by atoms with Crippen LogP contribution in [0.1, 0.15) is 24.5 Å². The van der Waals surface area contributed by atoms with Crippen molar-refractivity contribution in [2.75, 3.05) is 39.8 Å². The molecule has 2 aromatic carbocycles. The van der Waals surface area contributed by atoms with E-state index in [1.807, 2.05) is 28.8 Å². The predicted octanol–water partition coefficient (Wildman–Crippen LogP) is 3.46. The molecule has 1 saturated heterocycles. The first kappa shape index (κ1) is 25.1. The van der Waals surface area contributed by atoms with Crippen molar-refractivity contribution in [1.29, 1.82) is 0 Å². The molecule has 1 aliphatic heterocycles. The van der Waals surface area contributed by atoms with Crippen LogP contribution in [-0.4, -0.2) is 70.3 Å². The number of hydrogen-bond acceptors (Lipinski definition) is 6. The topological polar surface area (TPSA) is 78.4 Å². The number of carbonyl (C=O) groups is 1. The predicted molar refractivity (Wildman–Crippen MR) is 140 cm³/mol. The van der Waals surface area contributed by atoms with E-state index in [2.05, 4.69) is 56.5 Å². The summed E-state index contributed by atoms with van der Waals surface area (Å²) in [4.78, 5) is 17.5. The molecule has 1 amide bonds. The first-order valence-electron chi connectivity index (χ1n) is 12.1. The molecule has 0 radical (unpaired) electrons. The highest BCUT2D eigenvalue weighted by atomic mass is 32.1. The van der Waals surface area contributed by atoms with Crippen LogP contribution in [0.5, 0.6) is 5.75 Å². The van der Waals surface area contributed by atoms with Crippen LogP contribution in [0.4, 0.5) is 0 Å². The van der Waals surface area contributed by atoms with Gasteiger partial charge in [0.1, 0.15) is 5.75 Å². The lowest BCUT2D eigenvalue weighted by Gasteiger charge is -2.34. The average Bonchev–Trinajstić information content (AvgIpc) is 3.27. The number of H-pyrrole nitrogens is 1. The van der Waals surface area contributed by atoms with Gasteiger partial charge in [-0.1, -0.05) is 31.2 Å². The summed E-state index contributed by atoms with van der Waals surface area (Å²) < 4.78 is 7.57. The van der Waals surface area contributed by atoms with Crippen LogP contribution in [-0.2, 0) is 24.4 Å². The number of carbonyl (C=O) groups excluding carboxylic acids is 1. The van der Waals surface area contributed by atoms with Crippen molar-refractivity contribution in [2.45, 2.75) is 33.0 Å². The van der Waals surface area contributed by atoms with Gasteiger partial charge in [0, 0.05) is 57.8 Å². The Kier molecular flexibility index (Phi) is 8.68. The maximum absolute atomic E-state index is 12.5. The molecular weight excluding hydrogens is 460 g/mol. The third kappa shape index (κ3) is 6.78. The summed E-state index contributed by atoms with van der Waals surface area (Å²) in [6.45, 7) is 9.82. The SMILES string of the molecule is CCN1CCN(Cc2ccc(CNC(=O)CCn3c(-c4ccc(OC)cc4)n[nH]c3=S)cc2)CC1. The summed E-state index contributed by atoms with van der Waals surface area (Å²) in [5.41, 5.74) is 3.31. The van der Waals surface area contributed by atoms with Gasteiger partial charge in [0.25, 0.3) is 0 Å². The summed E-state index contributed by atoms with van der Waals surface area (Å²) in [6.07, 6.45) is 0.318. The molecule has 0 aliphatic carbocycles. The molecule has 2 N–H and O–H groups in total. The highest BCUT2D eigenvalue weighted by Crippen LogP contribution is 2.21. The van der Waals surface area contributed by atoms with Gasteiger partial charge in [0.2, 0.25) is 5.91 Å². The van der Waals surface area contributed by atoms with Crippen LogP contribution < -0.4 is 10.1 Å². The lowest BCUT2D eigenvalue weighted by atomic mass is 10.1. The second-order valence-corrected chi connectivity index (χ2v) is 9.17. The lowest BCUT2D eigenvalue weighted by Crippen LogP contribution is -2.45. The van der Waals surface area contributed by atoms with Gasteiger partial charge in [0.05, 0.1) is 7.11 Å². The number of aromatic amines is 1. The summed E-state index contributed by atoms with van der Waals surface area (Å²) >= 11 is 5.38. The van der Waals surface area contributed by atoms with Crippen molar-refractivity contribution in [2.24, 2.45) is 0 Å². The van der Waals surface area contributed by atoms with Gasteiger partial charge in [-0.2, -0.15) is 5.10 Å². The molecule has 0 spiro atoms. The van der Waals surface area contributed by atoms with E-state index in [1.54, 1.807) is 7.11 Å². The van der Waals surface area contributed by atoms with Crippen molar-refractivity contribution >= 4 is 18.1 Å². The lowest BCUT2D eigenvalue weighted by molar-refractivity contribution is -0.121. The van der Waals surface area contributed by atoms with Crippen LogP contribution in [0.2, 0.25) is 0 Å². The molecule has 0 saturated carbocycles. The van der Waals surface area contributed by atoms with E-state index in [0.717, 1.165) is 56.1 Å². The smallest absolute Gasteiger partial charge is 0.222 e. The fourth-order valence-electron chi connectivity index (χ4n) is 4.27. The number of piperazine rings is 1. The molecule has 0 bridgehead atoms. The quantitative estimate of drug-likeness (QED) is 0.421. The monoisotopic (exact) mass is 494 g/mol. The van der Waals surface area contributed by atoms with E-state index in [0.29, 0.717) is 30.1 Å². The van der Waals surface area contributed by atoms with Crippen LogP contribution in [0, 0.1) is 4.77 Å². The number of nitrogens with zero attached hydrogens (tertiary/aromatic N) is 4. The van der Waals surface area contributed by atoms with Crippen LogP contribution in [0.15, 0.2) is 48.5 Å². The molecule has 9 heteroatoms. The van der Waals surface area contributed by atoms with E-state index in [9.17, 15) is 4.79 Å². The fourth-order valence-corrected chi connectivity index (χ4v) is 4.50. The first-order valence-corrected chi connectivity index (χ1v) is 12.6. The average molecular weight is 495 g/mol. The molecule has 186 valence electrons. The molecule has 0 atom stereocenters. The van der Waals surface area contributed by atoms with Crippen molar-refractivity contribution in [3.05, 3.63) is 64.4 Å². The summed E-state index contributed by atoms with van der Waals surface area (Å²) in [5, 5.41) is 10.2. The maximum Gasteiger partial charge on any atom is 0.222 e. The van der Waals surface area contributed by atoms with E-state index in [4.69, 9.17) is 17.0 Å². The molecule has 0 unspecified atom stereocenters. The molecule has 3 aromatic rings. The number of hydrogen-bond donors (Lipinski definition) is 2. The minimum Gasteiger partial charge on any atom is -0.497 e. The number of ether oxygens (including phenoxy) is 1. The van der Waals surface area contributed by atoms with Crippen molar-refractivity contribution < 1.29 is 9.53 Å². The second-order valence-electron chi connectivity index (χ2n) is 8.79. The molecule has 1 fully saturated rings. The van der Waals surface area contributed by atoms with Gasteiger partial charge in [-0.05, 0) is 54.2 Å². The third-order valence-corrected chi connectivity index (χ3v) is 6.81. The van der Waals surface area contributed by atoms with E-state index >= 15 is 0 Å². The maximum atomic E-state index is 12.5. The number of rotatable bonds is 10. The number of amides is 1. The standard InChI is InChI=1S/C26H34N6O2S/c1-3-30-14-16-31(17-15-30)19-21-6-4-20(5-7-21)18-27-24(33)12-13-32-25(28-29-26(32)35)22-8-10-23(34-2)11-9-22/h4-11H,3,12-19H2,1-2H3,(H,27,33)(H,29,35). The summed E-state index contributed by atoms with van der Waals surface area (Å²) in [5.74, 6) is 1.46. The van der Waals surface area contributed by atoms with Gasteiger partial charge >= 0.3 is 0 Å². The minimum absolute atomic E-state index is 0.0216. The second kappa shape index (κ2) is 12.1. The van der Waals surface area contributed by atoms with Crippen LogP contribution >= 0.6 is 12.2 Å². The van der Waals surface area contributed by atoms with Gasteiger partial charge in [-0.25, -0.2) is 0 Å². The van der Waals surface area contributed by atoms with Crippen molar-refractivity contribution in [1.82, 2.24) is 29.9 Å². The summed E-state index contributed by atoms with van der Waals surface area (Å²) in [6, 6.07) is 16.1. The Hall–Kier alpha value is -3.01. The Morgan fingerprint density at radius 2 is 1.69 bits per heavy atom. The molecule has 1 aliphatic rings. The first-order chi connectivity index (χ1) is 17.1. The van der Waals surface area contributed by atoms with Crippen LogP contribution in [0.3, 0.4) is 0 Å². The molecule has 4 rings (SSSR count). The fraction of sp³-hybridized carbons (Fsp3) is 0.423.